The number of benzene rings is 3. The van der Waals surface area contributed by atoms with Gasteiger partial charge in [-0.25, -0.2) is 9.59 Å². The standard InChI is InChI=1S/C21H16N4O8S/c26-18-10-9-12(34(31,32)33)11-17(18)23-25-19(13-5-1-2-6-14(13)20(27)28)24-22-16-8-4-3-7-15(16)21(29)30/h1-11,23,26H,(H,27,28)(H,29,30)(H,31,32,33). The van der Waals surface area contributed by atoms with Crippen molar-refractivity contribution < 1.29 is 37.9 Å². The monoisotopic (exact) mass is 484 g/mol. The zero-order valence-electron chi connectivity index (χ0n) is 17.0. The maximum atomic E-state index is 11.7. The van der Waals surface area contributed by atoms with Gasteiger partial charge in [0.1, 0.15) is 11.4 Å². The molecule has 13 heteroatoms. The lowest BCUT2D eigenvalue weighted by atomic mass is 10.1. The van der Waals surface area contributed by atoms with E-state index in [2.05, 4.69) is 20.8 Å². The number of carboxylic acid groups (broad SMARTS) is 2. The molecule has 0 amide bonds. The van der Waals surface area contributed by atoms with E-state index >= 15 is 0 Å². The smallest absolute Gasteiger partial charge is 0.337 e. The largest absolute Gasteiger partial charge is 0.506 e. The van der Waals surface area contributed by atoms with Gasteiger partial charge in [0.25, 0.3) is 10.1 Å². The van der Waals surface area contributed by atoms with Crippen LogP contribution in [0.3, 0.4) is 0 Å². The summed E-state index contributed by atoms with van der Waals surface area (Å²) in [5, 5.41) is 40.6. The zero-order valence-corrected chi connectivity index (χ0v) is 17.8. The molecule has 0 aliphatic rings. The van der Waals surface area contributed by atoms with Crippen LogP contribution in [0.1, 0.15) is 26.3 Å². The molecule has 3 aromatic rings. The Morgan fingerprint density at radius 2 is 1.41 bits per heavy atom. The molecular formula is C21H16N4O8S. The summed E-state index contributed by atoms with van der Waals surface area (Å²) in [7, 11) is -4.58. The van der Waals surface area contributed by atoms with Crippen LogP contribution >= 0.6 is 0 Å². The van der Waals surface area contributed by atoms with Gasteiger partial charge in [0.05, 0.1) is 21.7 Å². The number of carboxylic acids is 2. The lowest BCUT2D eigenvalue weighted by Gasteiger charge is -2.08. The number of carbonyl (C=O) groups is 2. The maximum absolute atomic E-state index is 11.7. The molecule has 34 heavy (non-hydrogen) atoms. The third-order valence-corrected chi connectivity index (χ3v) is 5.18. The van der Waals surface area contributed by atoms with Crippen LogP contribution < -0.4 is 5.43 Å². The molecule has 0 fully saturated rings. The molecule has 3 aromatic carbocycles. The molecule has 0 aliphatic heterocycles. The lowest BCUT2D eigenvalue weighted by Crippen LogP contribution is -2.09. The highest BCUT2D eigenvalue weighted by atomic mass is 32.2. The second-order valence-corrected chi connectivity index (χ2v) is 8.00. The van der Waals surface area contributed by atoms with E-state index in [-0.39, 0.29) is 33.9 Å². The fourth-order valence-electron chi connectivity index (χ4n) is 2.72. The highest BCUT2D eigenvalue weighted by Gasteiger charge is 2.17. The number of aromatic hydroxyl groups is 1. The van der Waals surface area contributed by atoms with Gasteiger partial charge in [-0.05, 0) is 36.4 Å². The van der Waals surface area contributed by atoms with Crippen molar-refractivity contribution >= 4 is 39.3 Å². The van der Waals surface area contributed by atoms with Crippen LogP contribution in [0, 0.1) is 0 Å². The van der Waals surface area contributed by atoms with Crippen molar-refractivity contribution in [1.82, 2.24) is 0 Å². The minimum absolute atomic E-state index is 0.00974. The predicted molar refractivity (Wildman–Crippen MR) is 119 cm³/mol. The Kier molecular flexibility index (Phi) is 6.99. The Labute approximate surface area is 192 Å². The fourth-order valence-corrected chi connectivity index (χ4v) is 3.23. The lowest BCUT2D eigenvalue weighted by molar-refractivity contribution is 0.0686. The fraction of sp³-hybridized carbons (Fsp3) is 0. The molecule has 0 atom stereocenters. The Balaban J connectivity index is 2.12. The molecule has 0 radical (unpaired) electrons. The molecule has 3 rings (SSSR count). The summed E-state index contributed by atoms with van der Waals surface area (Å²) in [6, 6.07) is 14.2. The maximum Gasteiger partial charge on any atom is 0.337 e. The molecular weight excluding hydrogens is 468 g/mol. The average Bonchev–Trinajstić information content (AvgIpc) is 2.79. The number of hydrogen-bond acceptors (Lipinski definition) is 8. The van der Waals surface area contributed by atoms with Crippen LogP contribution in [0.15, 0.2) is 87.0 Å². The number of phenols is 1. The molecule has 0 saturated heterocycles. The molecule has 0 aliphatic carbocycles. The van der Waals surface area contributed by atoms with Gasteiger partial charge in [-0.3, -0.25) is 9.98 Å². The first-order valence-corrected chi connectivity index (χ1v) is 10.7. The number of hydrazone groups is 1. The van der Waals surface area contributed by atoms with Crippen molar-refractivity contribution in [3.8, 4) is 5.75 Å². The third kappa shape index (κ3) is 5.59. The highest BCUT2D eigenvalue weighted by Crippen LogP contribution is 2.27. The summed E-state index contributed by atoms with van der Waals surface area (Å²) in [6.07, 6.45) is 0. The molecule has 5 N–H and O–H groups in total. The first-order valence-electron chi connectivity index (χ1n) is 9.29. The number of nitrogens with one attached hydrogen (secondary N) is 1. The van der Waals surface area contributed by atoms with Crippen LogP contribution in [0.2, 0.25) is 0 Å². The highest BCUT2D eigenvalue weighted by molar-refractivity contribution is 7.85. The van der Waals surface area contributed by atoms with E-state index in [1.165, 1.54) is 48.5 Å². The van der Waals surface area contributed by atoms with E-state index in [9.17, 15) is 37.9 Å². The van der Waals surface area contributed by atoms with Crippen LogP contribution in [0.5, 0.6) is 5.75 Å². The van der Waals surface area contributed by atoms with Gasteiger partial charge in [-0.1, -0.05) is 30.3 Å². The first-order chi connectivity index (χ1) is 16.1. The number of hydrogen-bond donors (Lipinski definition) is 5. The van der Waals surface area contributed by atoms with Crippen LogP contribution in [0.25, 0.3) is 0 Å². The average molecular weight is 484 g/mol. The second-order valence-electron chi connectivity index (χ2n) is 6.57. The van der Waals surface area contributed by atoms with E-state index in [0.29, 0.717) is 0 Å². The van der Waals surface area contributed by atoms with Gasteiger partial charge >= 0.3 is 11.9 Å². The van der Waals surface area contributed by atoms with E-state index in [1.54, 1.807) is 0 Å². The van der Waals surface area contributed by atoms with Gasteiger partial charge in [0.2, 0.25) is 5.84 Å². The predicted octanol–water partition coefficient (Wildman–Crippen LogP) is 3.59. The zero-order chi connectivity index (χ0) is 24.9. The summed E-state index contributed by atoms with van der Waals surface area (Å²) >= 11 is 0. The van der Waals surface area contributed by atoms with Crippen molar-refractivity contribution in [2.24, 2.45) is 15.3 Å². The molecule has 0 unspecified atom stereocenters. The Bertz CT molecular complexity index is 1430. The van der Waals surface area contributed by atoms with E-state index in [0.717, 1.165) is 18.2 Å². The number of azo groups is 1. The number of rotatable bonds is 7. The van der Waals surface area contributed by atoms with Crippen molar-refractivity contribution in [2.45, 2.75) is 4.90 Å². The van der Waals surface area contributed by atoms with Gasteiger partial charge in [-0.15, -0.1) is 10.2 Å². The van der Waals surface area contributed by atoms with Crippen LogP contribution in [-0.2, 0) is 10.1 Å². The van der Waals surface area contributed by atoms with Crippen LogP contribution in [-0.4, -0.2) is 46.1 Å². The van der Waals surface area contributed by atoms with Gasteiger partial charge in [-0.2, -0.15) is 13.5 Å². The summed E-state index contributed by atoms with van der Waals surface area (Å²) in [5.74, 6) is -3.32. The number of aromatic carboxylic acids is 2. The summed E-state index contributed by atoms with van der Waals surface area (Å²) in [6.45, 7) is 0. The first kappa shape index (κ1) is 24.0. The van der Waals surface area contributed by atoms with E-state index < -0.39 is 32.7 Å². The summed E-state index contributed by atoms with van der Waals surface area (Å²) < 4.78 is 32.0. The molecule has 174 valence electrons. The van der Waals surface area contributed by atoms with Gasteiger partial charge < -0.3 is 15.3 Å². The minimum Gasteiger partial charge on any atom is -0.506 e. The number of phenolic OH excluding ortho intramolecular Hbond substituents is 1. The molecule has 0 bridgehead atoms. The van der Waals surface area contributed by atoms with E-state index in [4.69, 9.17) is 0 Å². The Morgan fingerprint density at radius 3 is 2.03 bits per heavy atom. The van der Waals surface area contributed by atoms with Crippen molar-refractivity contribution in [3.05, 3.63) is 83.4 Å². The second kappa shape index (κ2) is 9.89. The summed E-state index contributed by atoms with van der Waals surface area (Å²) in [5.41, 5.74) is 1.70. The Hall–Kier alpha value is -4.62. The van der Waals surface area contributed by atoms with Crippen molar-refractivity contribution in [2.75, 3.05) is 5.43 Å². The van der Waals surface area contributed by atoms with Crippen molar-refractivity contribution in [3.63, 3.8) is 0 Å². The van der Waals surface area contributed by atoms with Gasteiger partial charge in [0.15, 0.2) is 0 Å². The minimum atomic E-state index is -4.58. The normalized spacial score (nSPS) is 12.0. The van der Waals surface area contributed by atoms with E-state index in [1.807, 2.05) is 0 Å². The number of nitrogens with zero attached hydrogens (tertiary/aromatic N) is 3. The van der Waals surface area contributed by atoms with Crippen molar-refractivity contribution in [1.29, 1.82) is 0 Å². The molecule has 0 spiro atoms. The Morgan fingerprint density at radius 1 is 0.824 bits per heavy atom. The number of amidine groups is 1. The van der Waals surface area contributed by atoms with Gasteiger partial charge in [0, 0.05) is 5.56 Å². The summed E-state index contributed by atoms with van der Waals surface area (Å²) in [4.78, 5) is 22.6. The topological polar surface area (TPSA) is 198 Å². The molecule has 12 nitrogen and oxygen atoms in total. The molecule has 0 saturated carbocycles. The number of anilines is 1. The third-order valence-electron chi connectivity index (χ3n) is 4.33. The molecule has 0 heterocycles. The SMILES string of the molecule is O=C(O)c1ccccc1N=NC(=NNc1cc(S(=O)(=O)O)ccc1O)c1ccccc1C(=O)O. The molecule has 0 aromatic heterocycles. The van der Waals surface area contributed by atoms with Crippen LogP contribution in [0.4, 0.5) is 11.4 Å². The quantitative estimate of drug-likeness (QED) is 0.0830.